The molecular weight excluding hydrogens is 997 g/mol. The Kier molecular flexibility index (Phi) is 9.09. The lowest BCUT2D eigenvalue weighted by Crippen LogP contribution is -2.60. The fourth-order valence-electron chi connectivity index (χ4n) is 14.0. The van der Waals surface area contributed by atoms with Crippen LogP contribution in [0, 0.1) is 0 Å². The third-order valence-corrected chi connectivity index (χ3v) is 19.5. The minimum atomic E-state index is -0.0305. The van der Waals surface area contributed by atoms with Crippen LogP contribution in [0.1, 0.15) is 0 Å². The van der Waals surface area contributed by atoms with E-state index in [4.69, 9.17) is 0 Å². The molecule has 18 rings (SSSR count). The average Bonchev–Trinajstić information content (AvgIpc) is 3.17. The van der Waals surface area contributed by atoms with Crippen molar-refractivity contribution in [3.05, 3.63) is 261 Å². The van der Waals surface area contributed by atoms with Gasteiger partial charge in [0.05, 0.1) is 22.4 Å². The Hall–Kier alpha value is -9.53. The normalized spacial score (nSPS) is 13.7. The molecule has 3 aromatic heterocycles. The largest absolute Gasteiger partial charge is 0.311 e. The third-order valence-electron chi connectivity index (χ3n) is 17.1. The van der Waals surface area contributed by atoms with Gasteiger partial charge in [0.25, 0.3) is 13.4 Å². The Balaban J connectivity index is 0.974. The molecule has 14 aromatic rings. The van der Waals surface area contributed by atoms with Crippen LogP contribution in [0.2, 0.25) is 0 Å². The van der Waals surface area contributed by atoms with E-state index in [-0.39, 0.29) is 13.4 Å². The Morgan fingerprint density at radius 3 is 0.987 bits per heavy atom. The van der Waals surface area contributed by atoms with Crippen molar-refractivity contribution in [3.63, 3.8) is 0 Å². The number of nitrogens with zero attached hydrogens (tertiary/aromatic N) is 5. The Morgan fingerprint density at radius 2 is 0.595 bits per heavy atom. The van der Waals surface area contributed by atoms with Crippen LogP contribution in [0.25, 0.3) is 47.7 Å². The smallest absolute Gasteiger partial charge is 0.264 e. The minimum Gasteiger partial charge on any atom is -0.311 e. The predicted octanol–water partition coefficient (Wildman–Crippen LogP) is 15.4. The lowest BCUT2D eigenvalue weighted by atomic mass is 9.36. The van der Waals surface area contributed by atoms with Gasteiger partial charge in [0.2, 0.25) is 0 Å². The van der Waals surface area contributed by atoms with E-state index < -0.39 is 0 Å². The van der Waals surface area contributed by atoms with Crippen molar-refractivity contribution >= 4 is 178 Å². The highest BCUT2D eigenvalue weighted by atomic mass is 32.1. The molecule has 366 valence electrons. The maximum atomic E-state index is 2.60. The fourth-order valence-corrected chi connectivity index (χ4v) is 16.6. The highest BCUT2D eigenvalue weighted by Gasteiger charge is 2.48. The van der Waals surface area contributed by atoms with Gasteiger partial charge in [-0.1, -0.05) is 152 Å². The van der Waals surface area contributed by atoms with Crippen LogP contribution in [-0.4, -0.2) is 18.0 Å². The quantitative estimate of drug-likeness (QED) is 0.160. The molecule has 0 amide bonds. The van der Waals surface area contributed by atoms with Crippen LogP contribution >= 0.6 is 22.7 Å². The minimum absolute atomic E-state index is 0.0305. The maximum Gasteiger partial charge on any atom is 0.264 e. The van der Waals surface area contributed by atoms with Gasteiger partial charge in [-0.05, 0) is 131 Å². The third kappa shape index (κ3) is 6.00. The number of hydrogen-bond acceptors (Lipinski definition) is 6. The summed E-state index contributed by atoms with van der Waals surface area (Å²) < 4.78 is 7.87. The summed E-state index contributed by atoms with van der Waals surface area (Å²) in [7, 11) is 0. The second-order valence-corrected chi connectivity index (χ2v) is 23.3. The molecule has 0 fully saturated rings. The molecule has 4 aliphatic rings. The molecule has 0 bridgehead atoms. The molecule has 9 heteroatoms. The van der Waals surface area contributed by atoms with Crippen molar-refractivity contribution in [3.8, 4) is 5.69 Å². The zero-order chi connectivity index (χ0) is 51.4. The molecule has 7 heterocycles. The summed E-state index contributed by atoms with van der Waals surface area (Å²) in [5.41, 5.74) is 23.1. The summed E-state index contributed by atoms with van der Waals surface area (Å²) >= 11 is 3.90. The van der Waals surface area contributed by atoms with E-state index in [0.717, 1.165) is 28.4 Å². The van der Waals surface area contributed by atoms with Crippen molar-refractivity contribution in [2.75, 3.05) is 19.6 Å². The Labute approximate surface area is 465 Å². The number of anilines is 12. The first-order valence-corrected chi connectivity index (χ1v) is 28.8. The molecule has 11 aromatic carbocycles. The first-order chi connectivity index (χ1) is 39.2. The highest BCUT2D eigenvalue weighted by Crippen LogP contribution is 2.51. The van der Waals surface area contributed by atoms with E-state index >= 15 is 0 Å². The number of fused-ring (bicyclic) bond motifs is 15. The average molecular weight is 1040 g/mol. The van der Waals surface area contributed by atoms with Crippen LogP contribution in [-0.2, 0) is 0 Å². The molecule has 0 unspecified atom stereocenters. The van der Waals surface area contributed by atoms with E-state index in [1.165, 1.54) is 119 Å². The van der Waals surface area contributed by atoms with Crippen LogP contribution in [0.3, 0.4) is 0 Å². The summed E-state index contributed by atoms with van der Waals surface area (Å²) in [6.45, 7) is -0.0609. The van der Waals surface area contributed by atoms with Crippen LogP contribution in [0.5, 0.6) is 0 Å². The molecule has 0 saturated heterocycles. The van der Waals surface area contributed by atoms with E-state index in [1.54, 1.807) is 0 Å². The molecular formula is C70H43B2N5S2. The zero-order valence-electron chi connectivity index (χ0n) is 42.5. The number of aromatic nitrogens is 1. The molecule has 0 N–H and O–H groups in total. The van der Waals surface area contributed by atoms with Gasteiger partial charge in [0.1, 0.15) is 0 Å². The van der Waals surface area contributed by atoms with E-state index in [0.29, 0.717) is 0 Å². The van der Waals surface area contributed by atoms with Crippen molar-refractivity contribution in [1.29, 1.82) is 0 Å². The van der Waals surface area contributed by atoms with Gasteiger partial charge in [-0.25, -0.2) is 0 Å². The van der Waals surface area contributed by atoms with Crippen LogP contribution < -0.4 is 51.0 Å². The topological polar surface area (TPSA) is 17.9 Å². The fraction of sp³-hybridized carbons (Fsp3) is 0. The number of para-hydroxylation sites is 5. The molecule has 0 aliphatic carbocycles. The van der Waals surface area contributed by atoms with Gasteiger partial charge < -0.3 is 24.2 Å². The first kappa shape index (κ1) is 43.6. The highest BCUT2D eigenvalue weighted by molar-refractivity contribution is 7.34. The summed E-state index contributed by atoms with van der Waals surface area (Å²) in [6.07, 6.45) is 0. The molecule has 79 heavy (non-hydrogen) atoms. The molecule has 4 aliphatic heterocycles. The number of thiophene rings is 2. The summed E-state index contributed by atoms with van der Waals surface area (Å²) in [4.78, 5) is 10.2. The number of rotatable bonds is 5. The summed E-state index contributed by atoms with van der Waals surface area (Å²) in [5, 5.41) is 5.05. The Bertz CT molecular complexity index is 4540. The molecule has 5 nitrogen and oxygen atoms in total. The number of benzene rings is 11. The summed E-state index contributed by atoms with van der Waals surface area (Å²) in [5.74, 6) is 0. The number of hydrogen-bond donors (Lipinski definition) is 0. The monoisotopic (exact) mass is 1040 g/mol. The van der Waals surface area contributed by atoms with Gasteiger partial charge in [0.15, 0.2) is 0 Å². The lowest BCUT2D eigenvalue weighted by molar-refractivity contribution is 1.17. The second kappa shape index (κ2) is 16.5. The second-order valence-electron chi connectivity index (χ2n) is 21.1. The van der Waals surface area contributed by atoms with E-state index in [1.807, 2.05) is 22.7 Å². The van der Waals surface area contributed by atoms with E-state index in [9.17, 15) is 0 Å². The molecule has 0 radical (unpaired) electrons. The summed E-state index contributed by atoms with van der Waals surface area (Å²) in [6, 6.07) is 97.3. The SMILES string of the molecule is c1ccc(N2c3cc4c(cc3B3c5sc6ccccc6c5N(c5ccccc5)c5cccc2c53)c2cc3c(cc2n4-c2ccccc2)N(c2ccccc2)c2cccc4c2B3c2sc3ccccc3c2N4c2ccccc2)cc1. The van der Waals surface area contributed by atoms with E-state index in [2.05, 4.69) is 285 Å². The van der Waals surface area contributed by atoms with Crippen molar-refractivity contribution < 1.29 is 0 Å². The van der Waals surface area contributed by atoms with Crippen molar-refractivity contribution in [2.24, 2.45) is 0 Å². The standard InChI is InChI=1S/C70H43B2N5S2/c1-6-22-44(23-7-1)73-55-34-20-36-57-65(55)71(69-67(49-32-16-18-38-63(49)78-69)76(57)47-28-12-4-13-29-47)53-40-51-52-41-54-62(43-60(52)75(59(51)42-61(53)73)46-26-10-3-11-27-46)74(45-24-8-2-9-25-45)56-35-21-37-58-66(56)72(54)70-68(50-33-17-19-39-64(50)79-70)77(58)48-30-14-5-15-31-48/h1-43H. The molecule has 0 atom stereocenters. The predicted molar refractivity (Wildman–Crippen MR) is 340 cm³/mol. The zero-order valence-corrected chi connectivity index (χ0v) is 44.2. The lowest BCUT2D eigenvalue weighted by Gasteiger charge is -2.43. The van der Waals surface area contributed by atoms with Gasteiger partial charge in [-0.2, -0.15) is 0 Å². The van der Waals surface area contributed by atoms with Crippen molar-refractivity contribution in [2.45, 2.75) is 0 Å². The Morgan fingerprint density at radius 1 is 0.266 bits per heavy atom. The van der Waals surface area contributed by atoms with Crippen molar-refractivity contribution in [1.82, 2.24) is 4.57 Å². The molecule has 0 saturated carbocycles. The van der Waals surface area contributed by atoms with Gasteiger partial charge in [-0.15, -0.1) is 22.7 Å². The molecule has 0 spiro atoms. The van der Waals surface area contributed by atoms with Crippen LogP contribution in [0.4, 0.5) is 68.2 Å². The van der Waals surface area contributed by atoms with Gasteiger partial charge in [0, 0.05) is 103 Å². The first-order valence-electron chi connectivity index (χ1n) is 27.2. The van der Waals surface area contributed by atoms with Gasteiger partial charge >= 0.3 is 0 Å². The van der Waals surface area contributed by atoms with Gasteiger partial charge in [-0.3, -0.25) is 0 Å². The van der Waals surface area contributed by atoms with Crippen LogP contribution in [0.15, 0.2) is 261 Å². The maximum absolute atomic E-state index is 2.60.